The minimum absolute atomic E-state index is 0.144. The number of hydrogen-bond acceptors (Lipinski definition) is 6. The van der Waals surface area contributed by atoms with E-state index in [1.165, 1.54) is 0 Å². The van der Waals surface area contributed by atoms with Crippen LogP contribution in [0.1, 0.15) is 5.56 Å². The molecule has 0 aromatic heterocycles. The van der Waals surface area contributed by atoms with Gasteiger partial charge in [0.2, 0.25) is 5.91 Å². The number of carbonyl (C=O) groups excluding carboxylic acids is 1. The van der Waals surface area contributed by atoms with Gasteiger partial charge in [0.1, 0.15) is 18.0 Å². The standard InChI is InChI=1S/C17H20ClN5O2/c1-25-14-5-3-2-4-11(14)10-19-17(24)15-16(22-23-21-15)20-13-8-6-12(18)7-9-13/h2-9,15-16,20-23H,10H2,1H3,(H,19,24). The minimum Gasteiger partial charge on any atom is -0.496 e. The lowest BCUT2D eigenvalue weighted by molar-refractivity contribution is -0.123. The number of amides is 1. The number of benzene rings is 2. The maximum Gasteiger partial charge on any atom is 0.242 e. The number of anilines is 1. The van der Waals surface area contributed by atoms with Gasteiger partial charge in [0.05, 0.1) is 7.11 Å². The van der Waals surface area contributed by atoms with Crippen molar-refractivity contribution >= 4 is 23.2 Å². The molecule has 2 atom stereocenters. The molecule has 0 spiro atoms. The predicted octanol–water partition coefficient (Wildman–Crippen LogP) is 1.38. The van der Waals surface area contributed by atoms with E-state index in [0.29, 0.717) is 11.6 Å². The van der Waals surface area contributed by atoms with Gasteiger partial charge in [0.15, 0.2) is 0 Å². The fraction of sp³-hybridized carbons (Fsp3) is 0.235. The van der Waals surface area contributed by atoms with Gasteiger partial charge >= 0.3 is 0 Å². The van der Waals surface area contributed by atoms with E-state index in [1.807, 2.05) is 36.4 Å². The Kier molecular flexibility index (Phi) is 5.72. The zero-order valence-corrected chi connectivity index (χ0v) is 14.4. The molecule has 1 heterocycles. The highest BCUT2D eigenvalue weighted by molar-refractivity contribution is 6.30. The number of hydrazine groups is 2. The van der Waals surface area contributed by atoms with Crippen molar-refractivity contribution in [2.45, 2.75) is 18.8 Å². The Bertz CT molecular complexity index is 725. The topological polar surface area (TPSA) is 86.5 Å². The van der Waals surface area contributed by atoms with Crippen LogP contribution in [0.3, 0.4) is 0 Å². The number of hydrogen-bond donors (Lipinski definition) is 5. The first kappa shape index (κ1) is 17.5. The van der Waals surface area contributed by atoms with E-state index in [-0.39, 0.29) is 12.1 Å². The van der Waals surface area contributed by atoms with Crippen LogP contribution in [-0.2, 0) is 11.3 Å². The Morgan fingerprint density at radius 2 is 1.92 bits per heavy atom. The number of halogens is 1. The van der Waals surface area contributed by atoms with Gasteiger partial charge in [0.25, 0.3) is 0 Å². The first-order valence-electron chi connectivity index (χ1n) is 7.85. The van der Waals surface area contributed by atoms with Crippen LogP contribution >= 0.6 is 11.6 Å². The van der Waals surface area contributed by atoms with E-state index in [1.54, 1.807) is 19.2 Å². The molecule has 0 saturated carbocycles. The molecule has 8 heteroatoms. The minimum atomic E-state index is -0.495. The molecule has 7 nitrogen and oxygen atoms in total. The van der Waals surface area contributed by atoms with Crippen molar-refractivity contribution in [3.05, 3.63) is 59.1 Å². The summed E-state index contributed by atoms with van der Waals surface area (Å²) < 4.78 is 5.30. The first-order valence-corrected chi connectivity index (χ1v) is 8.23. The highest BCUT2D eigenvalue weighted by Crippen LogP contribution is 2.17. The van der Waals surface area contributed by atoms with Gasteiger partial charge in [-0.3, -0.25) is 4.79 Å². The van der Waals surface area contributed by atoms with Crippen LogP contribution in [0.4, 0.5) is 5.69 Å². The zero-order chi connectivity index (χ0) is 17.6. The number of rotatable bonds is 6. The molecule has 1 aliphatic rings. The maximum absolute atomic E-state index is 12.5. The van der Waals surface area contributed by atoms with Crippen molar-refractivity contribution in [2.75, 3.05) is 12.4 Å². The van der Waals surface area contributed by atoms with E-state index >= 15 is 0 Å². The summed E-state index contributed by atoms with van der Waals surface area (Å²) in [7, 11) is 1.61. The quantitative estimate of drug-likeness (QED) is 0.534. The lowest BCUT2D eigenvalue weighted by Gasteiger charge is -2.20. The van der Waals surface area contributed by atoms with Crippen LogP contribution in [0.15, 0.2) is 48.5 Å². The van der Waals surface area contributed by atoms with E-state index in [9.17, 15) is 4.79 Å². The van der Waals surface area contributed by atoms with E-state index in [0.717, 1.165) is 17.0 Å². The van der Waals surface area contributed by atoms with Crippen LogP contribution < -0.4 is 31.8 Å². The Balaban J connectivity index is 1.59. The van der Waals surface area contributed by atoms with Gasteiger partial charge in [0, 0.05) is 22.8 Å². The van der Waals surface area contributed by atoms with Crippen LogP contribution in [0.5, 0.6) is 5.75 Å². The smallest absolute Gasteiger partial charge is 0.242 e. The van der Waals surface area contributed by atoms with Crippen molar-refractivity contribution in [3.8, 4) is 5.75 Å². The number of ether oxygens (including phenoxy) is 1. The second kappa shape index (κ2) is 8.17. The number of carbonyl (C=O) groups is 1. The average molecular weight is 362 g/mol. The molecule has 25 heavy (non-hydrogen) atoms. The van der Waals surface area contributed by atoms with Crippen LogP contribution in [0.2, 0.25) is 5.02 Å². The molecule has 2 aromatic rings. The zero-order valence-electron chi connectivity index (χ0n) is 13.7. The number of para-hydroxylation sites is 1. The van der Waals surface area contributed by atoms with Gasteiger partial charge in [-0.2, -0.15) is 5.53 Å². The summed E-state index contributed by atoms with van der Waals surface area (Å²) in [4.78, 5) is 12.5. The molecular weight excluding hydrogens is 342 g/mol. The Labute approximate surface area is 151 Å². The first-order chi connectivity index (χ1) is 12.2. The molecule has 2 aromatic carbocycles. The largest absolute Gasteiger partial charge is 0.496 e. The summed E-state index contributed by atoms with van der Waals surface area (Å²) in [6.45, 7) is 0.384. The van der Waals surface area contributed by atoms with Gasteiger partial charge in [-0.15, -0.1) is 0 Å². The second-order valence-electron chi connectivity index (χ2n) is 5.55. The molecule has 3 rings (SSSR count). The highest BCUT2D eigenvalue weighted by Gasteiger charge is 2.32. The Morgan fingerprint density at radius 1 is 1.16 bits per heavy atom. The monoisotopic (exact) mass is 361 g/mol. The molecule has 1 saturated heterocycles. The summed E-state index contributed by atoms with van der Waals surface area (Å²) in [6.07, 6.45) is -0.321. The maximum atomic E-state index is 12.5. The molecule has 0 radical (unpaired) electrons. The van der Waals surface area contributed by atoms with Crippen LogP contribution in [0.25, 0.3) is 0 Å². The highest BCUT2D eigenvalue weighted by atomic mass is 35.5. The Morgan fingerprint density at radius 3 is 2.68 bits per heavy atom. The fourth-order valence-corrected chi connectivity index (χ4v) is 2.69. The Hall–Kier alpha value is -2.32. The van der Waals surface area contributed by atoms with Crippen molar-refractivity contribution in [3.63, 3.8) is 0 Å². The normalized spacial score (nSPS) is 19.4. The van der Waals surface area contributed by atoms with E-state index < -0.39 is 6.04 Å². The number of nitrogens with one attached hydrogen (secondary N) is 5. The molecule has 1 aliphatic heterocycles. The predicted molar refractivity (Wildman–Crippen MR) is 96.9 cm³/mol. The van der Waals surface area contributed by atoms with Gasteiger partial charge < -0.3 is 15.4 Å². The van der Waals surface area contributed by atoms with Crippen molar-refractivity contribution < 1.29 is 9.53 Å². The van der Waals surface area contributed by atoms with E-state index in [4.69, 9.17) is 16.3 Å². The fourth-order valence-electron chi connectivity index (χ4n) is 2.57. The van der Waals surface area contributed by atoms with Crippen molar-refractivity contribution in [2.24, 2.45) is 0 Å². The third-order valence-electron chi connectivity index (χ3n) is 3.88. The summed E-state index contributed by atoms with van der Waals surface area (Å²) in [6, 6.07) is 14.4. The number of methoxy groups -OCH3 is 1. The third kappa shape index (κ3) is 4.40. The van der Waals surface area contributed by atoms with Crippen molar-refractivity contribution in [1.82, 2.24) is 21.7 Å². The summed E-state index contributed by atoms with van der Waals surface area (Å²) in [5.41, 5.74) is 10.4. The average Bonchev–Trinajstić information content (AvgIpc) is 3.10. The third-order valence-corrected chi connectivity index (χ3v) is 4.14. The van der Waals surface area contributed by atoms with Crippen LogP contribution in [0, 0.1) is 0 Å². The van der Waals surface area contributed by atoms with Gasteiger partial charge in [-0.1, -0.05) is 29.8 Å². The molecule has 1 amide bonds. The molecule has 0 bridgehead atoms. The SMILES string of the molecule is COc1ccccc1CNC(=O)C1NNNC1Nc1ccc(Cl)cc1. The molecule has 132 valence electrons. The van der Waals surface area contributed by atoms with Gasteiger partial charge in [-0.05, 0) is 30.3 Å². The molecule has 5 N–H and O–H groups in total. The summed E-state index contributed by atoms with van der Waals surface area (Å²) >= 11 is 5.89. The molecule has 2 unspecified atom stereocenters. The molecule has 0 aliphatic carbocycles. The van der Waals surface area contributed by atoms with Gasteiger partial charge in [-0.25, -0.2) is 10.9 Å². The van der Waals surface area contributed by atoms with E-state index in [2.05, 4.69) is 27.0 Å². The summed E-state index contributed by atoms with van der Waals surface area (Å²) in [5.74, 6) is 0.601. The van der Waals surface area contributed by atoms with Crippen molar-refractivity contribution in [1.29, 1.82) is 0 Å². The van der Waals surface area contributed by atoms with Crippen LogP contribution in [-0.4, -0.2) is 25.2 Å². The molecule has 1 fully saturated rings. The molecular formula is C17H20ClN5O2. The lowest BCUT2D eigenvalue weighted by Crippen LogP contribution is -2.50. The lowest BCUT2D eigenvalue weighted by atomic mass is 10.1. The summed E-state index contributed by atoms with van der Waals surface area (Å²) in [5, 5.41) is 6.82. The second-order valence-corrected chi connectivity index (χ2v) is 5.99.